The van der Waals surface area contributed by atoms with Gasteiger partial charge in [-0.2, -0.15) is 5.10 Å². The Labute approximate surface area is 121 Å². The quantitative estimate of drug-likeness (QED) is 0.819. The molecule has 0 fully saturated rings. The molecule has 0 radical (unpaired) electrons. The number of rotatable bonds is 6. The van der Waals surface area contributed by atoms with Crippen LogP contribution in [0.15, 0.2) is 36.5 Å². The highest BCUT2D eigenvalue weighted by molar-refractivity contribution is 5.66. The molecule has 2 aromatic rings. The second-order valence-electron chi connectivity index (χ2n) is 5.17. The maximum absolute atomic E-state index is 6.00. The number of nitrogen functional groups attached to an aromatic ring is 1. The summed E-state index contributed by atoms with van der Waals surface area (Å²) in [6.07, 6.45) is 4.30. The van der Waals surface area contributed by atoms with E-state index in [2.05, 4.69) is 40.8 Å². The summed E-state index contributed by atoms with van der Waals surface area (Å²) in [4.78, 5) is 2.13. The molecule has 0 aliphatic carbocycles. The van der Waals surface area contributed by atoms with Crippen LogP contribution in [-0.2, 0) is 6.54 Å². The van der Waals surface area contributed by atoms with Gasteiger partial charge in [-0.05, 0) is 31.0 Å². The fourth-order valence-electron chi connectivity index (χ4n) is 2.49. The van der Waals surface area contributed by atoms with Crippen LogP contribution >= 0.6 is 0 Å². The van der Waals surface area contributed by atoms with Gasteiger partial charge in [0.05, 0.1) is 29.7 Å². The molecule has 108 valence electrons. The number of hydrogen-bond donors (Lipinski definition) is 1. The van der Waals surface area contributed by atoms with Crippen LogP contribution in [0.25, 0.3) is 0 Å². The van der Waals surface area contributed by atoms with Crippen molar-refractivity contribution < 1.29 is 0 Å². The van der Waals surface area contributed by atoms with Crippen molar-refractivity contribution in [2.45, 2.75) is 39.3 Å². The van der Waals surface area contributed by atoms with E-state index in [-0.39, 0.29) is 0 Å². The summed E-state index contributed by atoms with van der Waals surface area (Å²) in [6.45, 7) is 5.17. The van der Waals surface area contributed by atoms with Gasteiger partial charge >= 0.3 is 0 Å². The van der Waals surface area contributed by atoms with Crippen molar-refractivity contribution in [1.29, 1.82) is 0 Å². The Morgan fingerprint density at radius 3 is 2.55 bits per heavy atom. The number of benzene rings is 1. The monoisotopic (exact) mass is 272 g/mol. The average molecular weight is 272 g/mol. The zero-order valence-electron chi connectivity index (χ0n) is 12.6. The first-order chi connectivity index (χ1) is 9.65. The van der Waals surface area contributed by atoms with Crippen LogP contribution in [0.4, 0.5) is 11.4 Å². The third kappa shape index (κ3) is 3.13. The topological polar surface area (TPSA) is 47.1 Å². The normalized spacial score (nSPS) is 11.0. The lowest BCUT2D eigenvalue weighted by atomic mass is 10.2. The minimum Gasteiger partial charge on any atom is -0.397 e. The first-order valence-corrected chi connectivity index (χ1v) is 7.25. The maximum Gasteiger partial charge on any atom is 0.0817 e. The molecule has 4 heteroatoms. The molecular formula is C16H24N4. The second kappa shape index (κ2) is 6.46. The van der Waals surface area contributed by atoms with E-state index in [0.29, 0.717) is 6.04 Å². The number of hydrogen-bond acceptors (Lipinski definition) is 3. The molecule has 1 heterocycles. The predicted octanol–water partition coefficient (Wildman–Crippen LogP) is 3.46. The van der Waals surface area contributed by atoms with Crippen molar-refractivity contribution in [3.05, 3.63) is 42.2 Å². The molecule has 0 saturated heterocycles. The SMILES string of the molecule is CCC(CC)n1ccc(CN(C)c2ccccc2N)n1. The Hall–Kier alpha value is -1.97. The van der Waals surface area contributed by atoms with Crippen LogP contribution in [0.1, 0.15) is 38.4 Å². The lowest BCUT2D eigenvalue weighted by molar-refractivity contribution is 0.425. The molecular weight excluding hydrogens is 248 g/mol. The molecule has 4 nitrogen and oxygen atoms in total. The second-order valence-corrected chi connectivity index (χ2v) is 5.17. The van der Waals surface area contributed by atoms with E-state index in [4.69, 9.17) is 5.73 Å². The highest BCUT2D eigenvalue weighted by Gasteiger charge is 2.10. The molecule has 1 aromatic carbocycles. The first kappa shape index (κ1) is 14.4. The van der Waals surface area contributed by atoms with Crippen molar-refractivity contribution in [3.63, 3.8) is 0 Å². The Balaban J connectivity index is 2.09. The van der Waals surface area contributed by atoms with Crippen molar-refractivity contribution >= 4 is 11.4 Å². The molecule has 0 amide bonds. The molecule has 0 aliphatic heterocycles. The van der Waals surface area contributed by atoms with Crippen LogP contribution < -0.4 is 10.6 Å². The van der Waals surface area contributed by atoms with Crippen molar-refractivity contribution in [1.82, 2.24) is 9.78 Å². The van der Waals surface area contributed by atoms with Crippen LogP contribution in [0, 0.1) is 0 Å². The van der Waals surface area contributed by atoms with Gasteiger partial charge in [0, 0.05) is 13.2 Å². The molecule has 0 atom stereocenters. The van der Waals surface area contributed by atoms with Crippen molar-refractivity contribution in [3.8, 4) is 0 Å². The van der Waals surface area contributed by atoms with Crippen molar-refractivity contribution in [2.75, 3.05) is 17.7 Å². The molecule has 2 N–H and O–H groups in total. The maximum atomic E-state index is 6.00. The van der Waals surface area contributed by atoms with Crippen LogP contribution in [-0.4, -0.2) is 16.8 Å². The number of nitrogens with two attached hydrogens (primary N) is 1. The Bertz CT molecular complexity index is 543. The molecule has 0 saturated carbocycles. The minimum absolute atomic E-state index is 0.496. The summed E-state index contributed by atoms with van der Waals surface area (Å²) in [5.41, 5.74) is 8.92. The Morgan fingerprint density at radius 1 is 1.20 bits per heavy atom. The van der Waals surface area contributed by atoms with Gasteiger partial charge in [0.15, 0.2) is 0 Å². The summed E-state index contributed by atoms with van der Waals surface area (Å²) < 4.78 is 2.08. The van der Waals surface area contributed by atoms with E-state index >= 15 is 0 Å². The smallest absolute Gasteiger partial charge is 0.0817 e. The third-order valence-corrected chi connectivity index (χ3v) is 3.73. The zero-order chi connectivity index (χ0) is 14.5. The summed E-state index contributed by atoms with van der Waals surface area (Å²) in [5.74, 6) is 0. The van der Waals surface area contributed by atoms with Gasteiger partial charge in [-0.15, -0.1) is 0 Å². The number of anilines is 2. The molecule has 2 rings (SSSR count). The predicted molar refractivity (Wildman–Crippen MR) is 84.8 cm³/mol. The van der Waals surface area contributed by atoms with Gasteiger partial charge in [0.25, 0.3) is 0 Å². The van der Waals surface area contributed by atoms with Crippen LogP contribution in [0.2, 0.25) is 0 Å². The molecule has 0 spiro atoms. The van der Waals surface area contributed by atoms with Gasteiger partial charge in [-0.25, -0.2) is 0 Å². The van der Waals surface area contributed by atoms with Crippen LogP contribution in [0.3, 0.4) is 0 Å². The highest BCUT2D eigenvalue weighted by atomic mass is 15.3. The van der Waals surface area contributed by atoms with E-state index in [1.807, 2.05) is 31.3 Å². The van der Waals surface area contributed by atoms with Gasteiger partial charge in [-0.3, -0.25) is 4.68 Å². The fraction of sp³-hybridized carbons (Fsp3) is 0.438. The van der Waals surface area contributed by atoms with E-state index < -0.39 is 0 Å². The summed E-state index contributed by atoms with van der Waals surface area (Å²) in [5, 5.41) is 4.68. The summed E-state index contributed by atoms with van der Waals surface area (Å²) in [7, 11) is 2.04. The summed E-state index contributed by atoms with van der Waals surface area (Å²) in [6, 6.07) is 10.5. The lowest BCUT2D eigenvalue weighted by Gasteiger charge is -2.20. The third-order valence-electron chi connectivity index (χ3n) is 3.73. The number of aromatic nitrogens is 2. The molecule has 0 bridgehead atoms. The van der Waals surface area contributed by atoms with E-state index in [0.717, 1.165) is 36.5 Å². The summed E-state index contributed by atoms with van der Waals surface area (Å²) >= 11 is 0. The van der Waals surface area contributed by atoms with E-state index in [1.54, 1.807) is 0 Å². The van der Waals surface area contributed by atoms with Gasteiger partial charge < -0.3 is 10.6 Å². The number of para-hydroxylation sites is 2. The standard InChI is InChI=1S/C16H24N4/c1-4-14(5-2)20-11-10-13(18-20)12-19(3)16-9-7-6-8-15(16)17/h6-11,14H,4-5,12,17H2,1-3H3. The van der Waals surface area contributed by atoms with Gasteiger partial charge in [0.2, 0.25) is 0 Å². The Morgan fingerprint density at radius 2 is 1.90 bits per heavy atom. The number of nitrogens with zero attached hydrogens (tertiary/aromatic N) is 3. The van der Waals surface area contributed by atoms with Crippen molar-refractivity contribution in [2.24, 2.45) is 0 Å². The highest BCUT2D eigenvalue weighted by Crippen LogP contribution is 2.22. The van der Waals surface area contributed by atoms with Gasteiger partial charge in [0.1, 0.15) is 0 Å². The molecule has 0 unspecified atom stereocenters. The largest absolute Gasteiger partial charge is 0.397 e. The Kier molecular flexibility index (Phi) is 4.66. The lowest BCUT2D eigenvalue weighted by Crippen LogP contribution is -2.18. The van der Waals surface area contributed by atoms with E-state index in [9.17, 15) is 0 Å². The molecule has 1 aromatic heterocycles. The minimum atomic E-state index is 0.496. The van der Waals surface area contributed by atoms with E-state index in [1.165, 1.54) is 0 Å². The van der Waals surface area contributed by atoms with Gasteiger partial charge in [-0.1, -0.05) is 26.0 Å². The zero-order valence-corrected chi connectivity index (χ0v) is 12.6. The fourth-order valence-corrected chi connectivity index (χ4v) is 2.49. The molecule has 0 aliphatic rings. The molecule has 20 heavy (non-hydrogen) atoms. The first-order valence-electron chi connectivity index (χ1n) is 7.25. The van der Waals surface area contributed by atoms with Crippen LogP contribution in [0.5, 0.6) is 0 Å². The average Bonchev–Trinajstić information content (AvgIpc) is 2.89.